The van der Waals surface area contributed by atoms with Crippen LogP contribution in [0.15, 0.2) is 4.52 Å². The van der Waals surface area contributed by atoms with E-state index in [0.29, 0.717) is 11.9 Å². The molecule has 1 unspecified atom stereocenters. The number of likely N-dealkylation sites (tertiary alicyclic amines) is 1. The summed E-state index contributed by atoms with van der Waals surface area (Å²) < 4.78 is 4.97. The molecule has 2 rings (SSSR count). The number of carbonyl (C=O) groups is 1. The number of rotatable bonds is 4. The topological polar surface area (TPSA) is 59.2 Å². The molecule has 1 aromatic rings. The second-order valence-electron chi connectivity index (χ2n) is 4.31. The van der Waals surface area contributed by atoms with Gasteiger partial charge in [-0.05, 0) is 26.4 Å². The molecule has 1 aromatic heterocycles. The van der Waals surface area contributed by atoms with E-state index in [2.05, 4.69) is 22.1 Å². The average Bonchev–Trinajstić information content (AvgIpc) is 2.70. The molecule has 0 spiro atoms. The Morgan fingerprint density at radius 2 is 2.44 bits per heavy atom. The van der Waals surface area contributed by atoms with Crippen molar-refractivity contribution in [2.75, 3.05) is 13.6 Å². The van der Waals surface area contributed by atoms with Gasteiger partial charge in [0.15, 0.2) is 5.82 Å². The van der Waals surface area contributed by atoms with Crippen LogP contribution in [0.4, 0.5) is 0 Å². The van der Waals surface area contributed by atoms with Crippen LogP contribution in [-0.2, 0) is 17.6 Å². The fraction of sp³-hybridized carbons (Fsp3) is 0.727. The quantitative estimate of drug-likeness (QED) is 0.708. The van der Waals surface area contributed by atoms with Gasteiger partial charge in [0.2, 0.25) is 5.89 Å². The van der Waals surface area contributed by atoms with Crippen LogP contribution in [0.2, 0.25) is 0 Å². The second kappa shape index (κ2) is 5.21. The van der Waals surface area contributed by atoms with Gasteiger partial charge in [0.1, 0.15) is 6.29 Å². The molecule has 0 bridgehead atoms. The number of aldehydes is 1. The molecule has 1 fully saturated rings. The Hall–Kier alpha value is -1.23. The van der Waals surface area contributed by atoms with Crippen molar-refractivity contribution in [3.05, 3.63) is 11.7 Å². The lowest BCUT2D eigenvalue weighted by atomic mass is 10.00. The standard InChI is InChI=1S/C11H17N3O2/c1-14-6-3-2-4-9(14)8-10-12-11(5-7-15)16-13-10/h7,9H,2-6,8H2,1H3. The lowest BCUT2D eigenvalue weighted by Crippen LogP contribution is -2.37. The molecule has 1 atom stereocenters. The number of nitrogens with zero attached hydrogens (tertiary/aromatic N) is 3. The molecule has 0 N–H and O–H groups in total. The van der Waals surface area contributed by atoms with Crippen molar-refractivity contribution in [2.24, 2.45) is 0 Å². The lowest BCUT2D eigenvalue weighted by molar-refractivity contribution is -0.107. The van der Waals surface area contributed by atoms with E-state index in [0.717, 1.165) is 25.1 Å². The zero-order valence-electron chi connectivity index (χ0n) is 9.56. The van der Waals surface area contributed by atoms with Crippen LogP contribution in [-0.4, -0.2) is 41.0 Å². The van der Waals surface area contributed by atoms with Crippen molar-refractivity contribution in [3.63, 3.8) is 0 Å². The summed E-state index contributed by atoms with van der Waals surface area (Å²) in [7, 11) is 2.14. The minimum Gasteiger partial charge on any atom is -0.339 e. The molecule has 16 heavy (non-hydrogen) atoms. The first kappa shape index (κ1) is 11.3. The molecule has 0 radical (unpaired) electrons. The fourth-order valence-corrected chi connectivity index (χ4v) is 2.14. The molecule has 88 valence electrons. The van der Waals surface area contributed by atoms with Crippen molar-refractivity contribution < 1.29 is 9.32 Å². The largest absolute Gasteiger partial charge is 0.339 e. The summed E-state index contributed by atoms with van der Waals surface area (Å²) in [6.07, 6.45) is 5.55. The van der Waals surface area contributed by atoms with Gasteiger partial charge in [0, 0.05) is 12.5 Å². The van der Waals surface area contributed by atoms with Crippen LogP contribution in [0.1, 0.15) is 31.0 Å². The summed E-state index contributed by atoms with van der Waals surface area (Å²) in [5, 5.41) is 3.89. The predicted molar refractivity (Wildman–Crippen MR) is 58.0 cm³/mol. The van der Waals surface area contributed by atoms with E-state index in [1.807, 2.05) is 0 Å². The van der Waals surface area contributed by atoms with Gasteiger partial charge in [-0.25, -0.2) is 0 Å². The third-order valence-corrected chi connectivity index (χ3v) is 3.11. The Bertz CT molecular complexity index is 351. The molecule has 5 heteroatoms. The highest BCUT2D eigenvalue weighted by molar-refractivity contribution is 5.52. The van der Waals surface area contributed by atoms with Crippen LogP contribution in [0.5, 0.6) is 0 Å². The van der Waals surface area contributed by atoms with Gasteiger partial charge >= 0.3 is 0 Å². The van der Waals surface area contributed by atoms with E-state index in [9.17, 15) is 4.79 Å². The van der Waals surface area contributed by atoms with Gasteiger partial charge in [-0.2, -0.15) is 4.98 Å². The Kier molecular flexibility index (Phi) is 3.66. The van der Waals surface area contributed by atoms with Gasteiger partial charge in [-0.3, -0.25) is 0 Å². The van der Waals surface area contributed by atoms with Crippen molar-refractivity contribution in [1.29, 1.82) is 0 Å². The van der Waals surface area contributed by atoms with Crippen molar-refractivity contribution in [1.82, 2.24) is 15.0 Å². The number of hydrogen-bond donors (Lipinski definition) is 0. The summed E-state index contributed by atoms with van der Waals surface area (Å²) in [4.78, 5) is 16.8. The van der Waals surface area contributed by atoms with E-state index in [-0.39, 0.29) is 6.42 Å². The molecule has 0 amide bonds. The van der Waals surface area contributed by atoms with Crippen molar-refractivity contribution in [3.8, 4) is 0 Å². The van der Waals surface area contributed by atoms with Gasteiger partial charge < -0.3 is 14.2 Å². The van der Waals surface area contributed by atoms with E-state index in [1.165, 1.54) is 19.3 Å². The molecule has 2 heterocycles. The maximum absolute atomic E-state index is 10.3. The summed E-state index contributed by atoms with van der Waals surface area (Å²) in [5.74, 6) is 1.14. The second-order valence-corrected chi connectivity index (χ2v) is 4.31. The Labute approximate surface area is 94.8 Å². The van der Waals surface area contributed by atoms with Gasteiger partial charge in [-0.15, -0.1) is 0 Å². The molecule has 1 aliphatic heterocycles. The van der Waals surface area contributed by atoms with Gasteiger partial charge in [0.25, 0.3) is 0 Å². The minimum absolute atomic E-state index is 0.216. The first-order valence-corrected chi connectivity index (χ1v) is 5.75. The van der Waals surface area contributed by atoms with E-state index < -0.39 is 0 Å². The first-order chi connectivity index (χ1) is 7.79. The zero-order chi connectivity index (χ0) is 11.4. The summed E-state index contributed by atoms with van der Waals surface area (Å²) in [6.45, 7) is 1.14. The molecule has 5 nitrogen and oxygen atoms in total. The Morgan fingerprint density at radius 1 is 1.56 bits per heavy atom. The molecule has 1 saturated heterocycles. The van der Waals surface area contributed by atoms with Crippen LogP contribution in [0.3, 0.4) is 0 Å². The highest BCUT2D eigenvalue weighted by Gasteiger charge is 2.21. The van der Waals surface area contributed by atoms with E-state index in [4.69, 9.17) is 4.52 Å². The maximum atomic E-state index is 10.3. The summed E-state index contributed by atoms with van der Waals surface area (Å²) in [5.41, 5.74) is 0. The van der Waals surface area contributed by atoms with E-state index in [1.54, 1.807) is 0 Å². The smallest absolute Gasteiger partial charge is 0.233 e. The monoisotopic (exact) mass is 223 g/mol. The van der Waals surface area contributed by atoms with Crippen LogP contribution in [0, 0.1) is 0 Å². The third-order valence-electron chi connectivity index (χ3n) is 3.11. The summed E-state index contributed by atoms with van der Waals surface area (Å²) >= 11 is 0. The van der Waals surface area contributed by atoms with Crippen molar-refractivity contribution in [2.45, 2.75) is 38.1 Å². The van der Waals surface area contributed by atoms with Crippen LogP contribution in [0.25, 0.3) is 0 Å². The zero-order valence-corrected chi connectivity index (χ0v) is 9.56. The molecule has 0 aromatic carbocycles. The first-order valence-electron chi connectivity index (χ1n) is 5.75. The highest BCUT2D eigenvalue weighted by atomic mass is 16.5. The van der Waals surface area contributed by atoms with E-state index >= 15 is 0 Å². The number of likely N-dealkylation sites (N-methyl/N-ethyl adjacent to an activating group) is 1. The average molecular weight is 223 g/mol. The number of carbonyl (C=O) groups excluding carboxylic acids is 1. The van der Waals surface area contributed by atoms with Gasteiger partial charge in [0.05, 0.1) is 6.42 Å². The van der Waals surface area contributed by atoms with Crippen LogP contribution < -0.4 is 0 Å². The van der Waals surface area contributed by atoms with Crippen LogP contribution >= 0.6 is 0 Å². The number of aromatic nitrogens is 2. The fourth-order valence-electron chi connectivity index (χ4n) is 2.14. The van der Waals surface area contributed by atoms with Gasteiger partial charge in [-0.1, -0.05) is 11.6 Å². The Morgan fingerprint density at radius 3 is 3.19 bits per heavy atom. The number of piperidine rings is 1. The molecular weight excluding hydrogens is 206 g/mol. The number of hydrogen-bond acceptors (Lipinski definition) is 5. The molecule has 0 aliphatic carbocycles. The molecule has 0 saturated carbocycles. The highest BCUT2D eigenvalue weighted by Crippen LogP contribution is 2.17. The summed E-state index contributed by atoms with van der Waals surface area (Å²) in [6, 6.07) is 0.510. The molecule has 1 aliphatic rings. The minimum atomic E-state index is 0.216. The predicted octanol–water partition coefficient (Wildman–Crippen LogP) is 0.838. The normalized spacial score (nSPS) is 22.2. The third kappa shape index (κ3) is 2.66. The van der Waals surface area contributed by atoms with Crippen molar-refractivity contribution >= 4 is 6.29 Å². The molecular formula is C11H17N3O2. The maximum Gasteiger partial charge on any atom is 0.233 e. The Balaban J connectivity index is 1.94. The SMILES string of the molecule is CN1CCCCC1Cc1noc(CC=O)n1. The lowest BCUT2D eigenvalue weighted by Gasteiger charge is -2.31.